The van der Waals surface area contributed by atoms with E-state index in [4.69, 9.17) is 9.47 Å². The van der Waals surface area contributed by atoms with Gasteiger partial charge in [-0.2, -0.15) is 0 Å². The Hall–Kier alpha value is -2.22. The van der Waals surface area contributed by atoms with Gasteiger partial charge in [0, 0.05) is 5.41 Å². The molecule has 0 N–H and O–H groups in total. The van der Waals surface area contributed by atoms with Gasteiger partial charge in [0.25, 0.3) is 0 Å². The minimum Gasteiger partial charge on any atom is -0.497 e. The summed E-state index contributed by atoms with van der Waals surface area (Å²) in [6.45, 7) is 14.4. The minimum atomic E-state index is 0.245. The number of hydrogen-bond donors (Lipinski definition) is 0. The lowest BCUT2D eigenvalue weighted by molar-refractivity contribution is 0.164. The van der Waals surface area contributed by atoms with Gasteiger partial charge in [-0.05, 0) is 86.8 Å². The third-order valence-corrected chi connectivity index (χ3v) is 7.04. The van der Waals surface area contributed by atoms with E-state index in [2.05, 4.69) is 82.4 Å². The van der Waals surface area contributed by atoms with Gasteiger partial charge in [-0.3, -0.25) is 0 Å². The van der Waals surface area contributed by atoms with Crippen molar-refractivity contribution in [1.29, 1.82) is 0 Å². The van der Waals surface area contributed by atoms with Crippen molar-refractivity contribution >= 4 is 6.08 Å². The standard InChI is InChI=1S/C31H44O2.C2H6/c1-5-8-12-21-32-29-19-17-25(14-6-2)23-27(29)16-11-9-10-13-22-33-30-20-18-26(15-7-3)28-24-31(28,30)4;1-2/h6-7,14-15,17-20,23,28H,5,8-13,16,21-22,24H2,1-4H3;1-2H3/b14-6+,15-7+;. The maximum Gasteiger partial charge on any atom is 0.122 e. The first kappa shape index (κ1) is 29.0. The van der Waals surface area contributed by atoms with Gasteiger partial charge in [-0.25, -0.2) is 0 Å². The molecule has 0 aliphatic heterocycles. The molecule has 0 amide bonds. The second-order valence-electron chi connectivity index (χ2n) is 9.81. The Morgan fingerprint density at radius 3 is 2.34 bits per heavy atom. The monoisotopic (exact) mass is 478 g/mol. The van der Waals surface area contributed by atoms with Gasteiger partial charge in [0.05, 0.1) is 13.2 Å². The number of benzene rings is 1. The van der Waals surface area contributed by atoms with Crippen LogP contribution in [0.4, 0.5) is 0 Å². The normalized spacial score (nSPS) is 20.7. The number of fused-ring (bicyclic) bond motifs is 1. The lowest BCUT2D eigenvalue weighted by Gasteiger charge is -2.21. The SMILES string of the molecule is C/C=C/C1=CC=C(OCCCCCCc2cc(/C=C/C)ccc2OCCCCC)C2(C)CC12.CC. The lowest BCUT2D eigenvalue weighted by atomic mass is 9.93. The Labute approximate surface area is 216 Å². The van der Waals surface area contributed by atoms with Crippen LogP contribution in [-0.2, 0) is 11.2 Å². The molecule has 0 saturated heterocycles. The van der Waals surface area contributed by atoms with Crippen LogP contribution in [0.25, 0.3) is 6.08 Å². The molecule has 1 aromatic rings. The van der Waals surface area contributed by atoms with Gasteiger partial charge in [-0.1, -0.05) is 89.8 Å². The lowest BCUT2D eigenvalue weighted by Crippen LogP contribution is -2.11. The number of aryl methyl sites for hydroxylation is 1. The van der Waals surface area contributed by atoms with Crippen LogP contribution in [0.15, 0.2) is 59.9 Å². The highest BCUT2D eigenvalue weighted by Gasteiger charge is 2.56. The molecule has 2 aliphatic carbocycles. The molecule has 2 atom stereocenters. The van der Waals surface area contributed by atoms with Gasteiger partial charge in [-0.15, -0.1) is 0 Å². The molecule has 2 heteroatoms. The van der Waals surface area contributed by atoms with Gasteiger partial charge in [0.2, 0.25) is 0 Å². The van der Waals surface area contributed by atoms with Crippen molar-refractivity contribution < 1.29 is 9.47 Å². The van der Waals surface area contributed by atoms with E-state index in [0.717, 1.165) is 38.2 Å². The highest BCUT2D eigenvalue weighted by atomic mass is 16.5. The molecule has 2 aliphatic rings. The van der Waals surface area contributed by atoms with Crippen LogP contribution in [0.3, 0.4) is 0 Å². The van der Waals surface area contributed by atoms with Crippen LogP contribution in [-0.4, -0.2) is 13.2 Å². The zero-order valence-electron chi connectivity index (χ0n) is 23.4. The molecular formula is C33H50O2. The van der Waals surface area contributed by atoms with Crippen molar-refractivity contribution in [3.8, 4) is 5.75 Å². The maximum absolute atomic E-state index is 6.22. The van der Waals surface area contributed by atoms with Crippen molar-refractivity contribution in [3.05, 3.63) is 71.0 Å². The van der Waals surface area contributed by atoms with E-state index in [1.54, 1.807) is 0 Å². The molecule has 194 valence electrons. The predicted molar refractivity (Wildman–Crippen MR) is 153 cm³/mol. The molecule has 0 bridgehead atoms. The maximum atomic E-state index is 6.22. The van der Waals surface area contributed by atoms with E-state index in [0.29, 0.717) is 5.92 Å². The van der Waals surface area contributed by atoms with Gasteiger partial charge in [0.15, 0.2) is 0 Å². The quantitative estimate of drug-likeness (QED) is 0.233. The van der Waals surface area contributed by atoms with Crippen molar-refractivity contribution in [2.24, 2.45) is 11.3 Å². The Morgan fingerprint density at radius 2 is 1.60 bits per heavy atom. The largest absolute Gasteiger partial charge is 0.497 e. The van der Waals surface area contributed by atoms with Gasteiger partial charge < -0.3 is 9.47 Å². The van der Waals surface area contributed by atoms with Crippen LogP contribution in [0.1, 0.15) is 104 Å². The first-order valence-corrected chi connectivity index (χ1v) is 14.2. The molecule has 0 radical (unpaired) electrons. The molecule has 1 fully saturated rings. The van der Waals surface area contributed by atoms with Crippen LogP contribution in [0.2, 0.25) is 0 Å². The summed E-state index contributed by atoms with van der Waals surface area (Å²) in [6.07, 6.45) is 23.8. The zero-order chi connectivity index (χ0) is 25.5. The van der Waals surface area contributed by atoms with Gasteiger partial charge >= 0.3 is 0 Å². The number of unbranched alkanes of at least 4 members (excludes halogenated alkanes) is 5. The van der Waals surface area contributed by atoms with Crippen molar-refractivity contribution in [2.45, 2.75) is 99.3 Å². The highest BCUT2D eigenvalue weighted by molar-refractivity contribution is 5.53. The topological polar surface area (TPSA) is 18.5 Å². The zero-order valence-corrected chi connectivity index (χ0v) is 23.4. The third-order valence-electron chi connectivity index (χ3n) is 7.04. The Balaban J connectivity index is 0.00000210. The summed E-state index contributed by atoms with van der Waals surface area (Å²) < 4.78 is 12.3. The molecule has 2 unspecified atom stereocenters. The first-order valence-electron chi connectivity index (χ1n) is 14.2. The summed E-state index contributed by atoms with van der Waals surface area (Å²) in [5.41, 5.74) is 4.32. The molecular weight excluding hydrogens is 428 g/mol. The van der Waals surface area contributed by atoms with Crippen LogP contribution < -0.4 is 4.74 Å². The molecule has 0 spiro atoms. The Kier molecular flexibility index (Phi) is 13.0. The smallest absolute Gasteiger partial charge is 0.122 e. The summed E-state index contributed by atoms with van der Waals surface area (Å²) in [4.78, 5) is 0. The summed E-state index contributed by atoms with van der Waals surface area (Å²) in [5, 5.41) is 0. The molecule has 3 rings (SSSR count). The molecule has 0 heterocycles. The van der Waals surface area contributed by atoms with E-state index >= 15 is 0 Å². The highest BCUT2D eigenvalue weighted by Crippen LogP contribution is 2.63. The Morgan fingerprint density at radius 1 is 0.886 bits per heavy atom. The third kappa shape index (κ3) is 8.74. The number of rotatable bonds is 15. The minimum absolute atomic E-state index is 0.245. The first-order chi connectivity index (χ1) is 17.1. The fourth-order valence-electron chi connectivity index (χ4n) is 4.90. The average Bonchev–Trinajstić information content (AvgIpc) is 3.58. The van der Waals surface area contributed by atoms with E-state index < -0.39 is 0 Å². The second kappa shape index (κ2) is 15.7. The van der Waals surface area contributed by atoms with E-state index in [1.807, 2.05) is 13.8 Å². The van der Waals surface area contributed by atoms with Crippen LogP contribution in [0.5, 0.6) is 5.75 Å². The van der Waals surface area contributed by atoms with E-state index in [9.17, 15) is 0 Å². The second-order valence-corrected chi connectivity index (χ2v) is 9.81. The average molecular weight is 479 g/mol. The van der Waals surface area contributed by atoms with Crippen molar-refractivity contribution in [1.82, 2.24) is 0 Å². The summed E-state index contributed by atoms with van der Waals surface area (Å²) >= 11 is 0. The molecule has 1 aromatic carbocycles. The number of ether oxygens (including phenoxy) is 2. The Bertz CT molecular complexity index is 873. The molecule has 35 heavy (non-hydrogen) atoms. The van der Waals surface area contributed by atoms with E-state index in [-0.39, 0.29) is 5.41 Å². The fourth-order valence-corrected chi connectivity index (χ4v) is 4.90. The fraction of sp³-hybridized carbons (Fsp3) is 0.576. The summed E-state index contributed by atoms with van der Waals surface area (Å²) in [7, 11) is 0. The molecule has 2 nitrogen and oxygen atoms in total. The van der Waals surface area contributed by atoms with E-state index in [1.165, 1.54) is 61.0 Å². The summed E-state index contributed by atoms with van der Waals surface area (Å²) in [5.74, 6) is 2.93. The van der Waals surface area contributed by atoms with Gasteiger partial charge in [0.1, 0.15) is 11.5 Å². The molecule has 0 aromatic heterocycles. The van der Waals surface area contributed by atoms with Crippen molar-refractivity contribution in [3.63, 3.8) is 0 Å². The van der Waals surface area contributed by atoms with Crippen LogP contribution >= 0.6 is 0 Å². The summed E-state index contributed by atoms with van der Waals surface area (Å²) in [6, 6.07) is 6.62. The van der Waals surface area contributed by atoms with Crippen LogP contribution in [0, 0.1) is 11.3 Å². The predicted octanol–water partition coefficient (Wildman–Crippen LogP) is 9.86. The number of hydrogen-bond acceptors (Lipinski definition) is 2. The molecule has 1 saturated carbocycles. The van der Waals surface area contributed by atoms with Crippen molar-refractivity contribution in [2.75, 3.05) is 13.2 Å². The number of allylic oxidation sites excluding steroid dienone is 7.